The van der Waals surface area contributed by atoms with Crippen LogP contribution in [0.15, 0.2) is 18.2 Å². The monoisotopic (exact) mass is 250 g/mol. The zero-order valence-electron chi connectivity index (χ0n) is 10.3. The summed E-state index contributed by atoms with van der Waals surface area (Å²) in [7, 11) is 1.55. The lowest BCUT2D eigenvalue weighted by Gasteiger charge is -2.31. The summed E-state index contributed by atoms with van der Waals surface area (Å²) < 4.78 is 5.03. The second-order valence-electron chi connectivity index (χ2n) is 4.65. The molecule has 0 aromatic heterocycles. The smallest absolute Gasteiger partial charge is 0.253 e. The molecule has 1 aliphatic rings. The second-order valence-corrected chi connectivity index (χ2v) is 4.65. The molecular formula is C13H18N2O3. The number of nitrogens with two attached hydrogens (primary N) is 1. The highest BCUT2D eigenvalue weighted by Crippen LogP contribution is 2.26. The molecule has 2 rings (SSSR count). The van der Waals surface area contributed by atoms with Crippen LogP contribution in [0.2, 0.25) is 0 Å². The van der Waals surface area contributed by atoms with Crippen molar-refractivity contribution < 1.29 is 14.6 Å². The van der Waals surface area contributed by atoms with E-state index in [1.54, 1.807) is 25.3 Å². The van der Waals surface area contributed by atoms with Crippen LogP contribution in [0.25, 0.3) is 0 Å². The number of carbonyl (C=O) groups is 1. The Morgan fingerprint density at radius 3 is 2.83 bits per heavy atom. The summed E-state index contributed by atoms with van der Waals surface area (Å²) in [6.07, 6.45) is 1.33. The van der Waals surface area contributed by atoms with Gasteiger partial charge in [0, 0.05) is 18.3 Å². The molecule has 1 amide bonds. The minimum Gasteiger partial charge on any atom is -0.497 e. The Kier molecular flexibility index (Phi) is 3.72. The van der Waals surface area contributed by atoms with Gasteiger partial charge in [-0.25, -0.2) is 0 Å². The standard InChI is InChI=1S/C13H18N2O3/c1-18-10-2-3-11(12(14)6-10)13(17)15-7-8-4-9(16)5-8/h2-3,6,8-9,16H,4-5,7,14H2,1H3,(H,15,17). The molecule has 5 heteroatoms. The summed E-state index contributed by atoms with van der Waals surface area (Å²) in [4.78, 5) is 11.9. The SMILES string of the molecule is COc1ccc(C(=O)NCC2CC(O)C2)c(N)c1. The number of aliphatic hydroxyl groups excluding tert-OH is 1. The fourth-order valence-corrected chi connectivity index (χ4v) is 2.07. The second kappa shape index (κ2) is 5.27. The Morgan fingerprint density at radius 1 is 1.56 bits per heavy atom. The van der Waals surface area contributed by atoms with E-state index >= 15 is 0 Å². The van der Waals surface area contributed by atoms with Gasteiger partial charge in [0.2, 0.25) is 0 Å². The fourth-order valence-electron chi connectivity index (χ4n) is 2.07. The summed E-state index contributed by atoms with van der Waals surface area (Å²) in [6.45, 7) is 0.585. The van der Waals surface area contributed by atoms with Crippen molar-refractivity contribution in [3.63, 3.8) is 0 Å². The first-order valence-electron chi connectivity index (χ1n) is 6.00. The molecule has 0 atom stereocenters. The average molecular weight is 250 g/mol. The number of benzene rings is 1. The minimum atomic E-state index is -0.196. The fraction of sp³-hybridized carbons (Fsp3) is 0.462. The minimum absolute atomic E-state index is 0.184. The molecule has 1 aliphatic carbocycles. The van der Waals surface area contributed by atoms with Gasteiger partial charge in [0.15, 0.2) is 0 Å². The number of nitrogen functional groups attached to an aromatic ring is 1. The van der Waals surface area contributed by atoms with E-state index in [0.717, 1.165) is 12.8 Å². The van der Waals surface area contributed by atoms with Gasteiger partial charge in [0.25, 0.3) is 5.91 Å². The van der Waals surface area contributed by atoms with Crippen molar-refractivity contribution >= 4 is 11.6 Å². The van der Waals surface area contributed by atoms with Crippen LogP contribution in [0.3, 0.4) is 0 Å². The Balaban J connectivity index is 1.92. The molecule has 0 saturated heterocycles. The maximum Gasteiger partial charge on any atom is 0.253 e. The number of carbonyl (C=O) groups excluding carboxylic acids is 1. The molecule has 0 aliphatic heterocycles. The first-order valence-corrected chi connectivity index (χ1v) is 6.00. The van der Waals surface area contributed by atoms with Gasteiger partial charge in [-0.05, 0) is 30.9 Å². The summed E-state index contributed by atoms with van der Waals surface area (Å²) in [5.41, 5.74) is 6.65. The van der Waals surface area contributed by atoms with E-state index < -0.39 is 0 Å². The van der Waals surface area contributed by atoms with Crippen LogP contribution < -0.4 is 15.8 Å². The number of aliphatic hydroxyl groups is 1. The summed E-state index contributed by atoms with van der Waals surface area (Å²) in [5, 5.41) is 12.0. The number of anilines is 1. The van der Waals surface area contributed by atoms with Gasteiger partial charge < -0.3 is 20.9 Å². The Labute approximate surface area is 106 Å². The van der Waals surface area contributed by atoms with E-state index in [1.807, 2.05) is 0 Å². The van der Waals surface area contributed by atoms with Crippen LogP contribution in [-0.4, -0.2) is 30.8 Å². The Morgan fingerprint density at radius 2 is 2.28 bits per heavy atom. The summed E-state index contributed by atoms with van der Waals surface area (Å²) in [6, 6.07) is 4.99. The topological polar surface area (TPSA) is 84.6 Å². The molecule has 1 aromatic rings. The number of nitrogens with one attached hydrogen (secondary N) is 1. The van der Waals surface area contributed by atoms with E-state index in [9.17, 15) is 4.79 Å². The van der Waals surface area contributed by atoms with Gasteiger partial charge in [0.05, 0.1) is 18.8 Å². The zero-order valence-corrected chi connectivity index (χ0v) is 10.3. The van der Waals surface area contributed by atoms with Crippen molar-refractivity contribution in [1.82, 2.24) is 5.32 Å². The molecule has 5 nitrogen and oxygen atoms in total. The highest BCUT2D eigenvalue weighted by Gasteiger charge is 2.27. The molecule has 4 N–H and O–H groups in total. The predicted octanol–water partition coefficient (Wildman–Crippen LogP) is 0.778. The molecule has 1 aromatic carbocycles. The van der Waals surface area contributed by atoms with Gasteiger partial charge >= 0.3 is 0 Å². The van der Waals surface area contributed by atoms with Crippen molar-refractivity contribution in [3.8, 4) is 5.75 Å². The van der Waals surface area contributed by atoms with Crippen LogP contribution in [0.4, 0.5) is 5.69 Å². The maximum atomic E-state index is 11.9. The number of amides is 1. The quantitative estimate of drug-likeness (QED) is 0.689. The van der Waals surface area contributed by atoms with Crippen LogP contribution >= 0.6 is 0 Å². The first-order chi connectivity index (χ1) is 8.60. The van der Waals surface area contributed by atoms with Crippen LogP contribution in [0.5, 0.6) is 5.75 Å². The predicted molar refractivity (Wildman–Crippen MR) is 68.5 cm³/mol. The number of rotatable bonds is 4. The molecule has 1 fully saturated rings. The molecule has 0 heterocycles. The lowest BCUT2D eigenvalue weighted by atomic mass is 9.82. The van der Waals surface area contributed by atoms with Crippen molar-refractivity contribution in [2.45, 2.75) is 18.9 Å². The van der Waals surface area contributed by atoms with Crippen molar-refractivity contribution in [2.24, 2.45) is 5.92 Å². The molecule has 1 saturated carbocycles. The molecule has 0 spiro atoms. The molecular weight excluding hydrogens is 232 g/mol. The lowest BCUT2D eigenvalue weighted by molar-refractivity contribution is 0.0420. The van der Waals surface area contributed by atoms with Gasteiger partial charge in [-0.15, -0.1) is 0 Å². The van der Waals surface area contributed by atoms with Crippen LogP contribution in [-0.2, 0) is 0 Å². The third kappa shape index (κ3) is 2.73. The largest absolute Gasteiger partial charge is 0.497 e. The first kappa shape index (κ1) is 12.7. The number of hydrogen-bond acceptors (Lipinski definition) is 4. The molecule has 0 unspecified atom stereocenters. The molecule has 0 radical (unpaired) electrons. The Bertz CT molecular complexity index is 442. The highest BCUT2D eigenvalue weighted by molar-refractivity contribution is 5.99. The van der Waals surface area contributed by atoms with Crippen molar-refractivity contribution in [1.29, 1.82) is 0 Å². The zero-order chi connectivity index (χ0) is 13.1. The Hall–Kier alpha value is -1.75. The van der Waals surface area contributed by atoms with Gasteiger partial charge in [-0.3, -0.25) is 4.79 Å². The number of ether oxygens (including phenoxy) is 1. The third-order valence-electron chi connectivity index (χ3n) is 3.27. The van der Waals surface area contributed by atoms with E-state index in [0.29, 0.717) is 29.5 Å². The van der Waals surface area contributed by atoms with E-state index in [-0.39, 0.29) is 12.0 Å². The van der Waals surface area contributed by atoms with Gasteiger partial charge in [0.1, 0.15) is 5.75 Å². The highest BCUT2D eigenvalue weighted by atomic mass is 16.5. The number of hydrogen-bond donors (Lipinski definition) is 3. The van der Waals surface area contributed by atoms with Crippen LogP contribution in [0.1, 0.15) is 23.2 Å². The third-order valence-corrected chi connectivity index (χ3v) is 3.27. The van der Waals surface area contributed by atoms with Crippen LogP contribution in [0, 0.1) is 5.92 Å². The summed E-state index contributed by atoms with van der Waals surface area (Å²) >= 11 is 0. The van der Waals surface area contributed by atoms with E-state index in [4.69, 9.17) is 15.6 Å². The normalized spacial score (nSPS) is 22.1. The molecule has 98 valence electrons. The van der Waals surface area contributed by atoms with Gasteiger partial charge in [-0.1, -0.05) is 0 Å². The average Bonchev–Trinajstić information content (AvgIpc) is 2.32. The van der Waals surface area contributed by atoms with Gasteiger partial charge in [-0.2, -0.15) is 0 Å². The van der Waals surface area contributed by atoms with Crippen molar-refractivity contribution in [2.75, 3.05) is 19.4 Å². The molecule has 18 heavy (non-hydrogen) atoms. The van der Waals surface area contributed by atoms with E-state index in [1.165, 1.54) is 0 Å². The lowest BCUT2D eigenvalue weighted by Crippen LogP contribution is -2.38. The van der Waals surface area contributed by atoms with Crippen molar-refractivity contribution in [3.05, 3.63) is 23.8 Å². The maximum absolute atomic E-state index is 11.9. The number of methoxy groups -OCH3 is 1. The summed E-state index contributed by atoms with van der Waals surface area (Å²) in [5.74, 6) is 0.825. The van der Waals surface area contributed by atoms with E-state index in [2.05, 4.69) is 5.32 Å². The molecule has 0 bridgehead atoms.